The fraction of sp³-hybridized carbons (Fsp3) is 0.318. The molecule has 2 atom stereocenters. The van der Waals surface area contributed by atoms with E-state index in [0.29, 0.717) is 18.2 Å². The van der Waals surface area contributed by atoms with Crippen LogP contribution in [0, 0.1) is 18.1 Å². The minimum absolute atomic E-state index is 0.132. The SMILES string of the molecule is Fc1ccccc1C1(Br)[CH]C(c2ccccc2F)(C(F)(F)F)C=C(C(F)(C(F)(F)F)C(F)(F)F)C1. The Balaban J connectivity index is 2.49. The highest BCUT2D eigenvalue weighted by molar-refractivity contribution is 9.09. The lowest BCUT2D eigenvalue weighted by Crippen LogP contribution is -2.58. The molecule has 0 N–H and O–H groups in total. The molecule has 0 fully saturated rings. The van der Waals surface area contributed by atoms with Crippen molar-refractivity contribution in [1.82, 2.24) is 0 Å². The lowest BCUT2D eigenvalue weighted by Gasteiger charge is -2.47. The third kappa shape index (κ3) is 4.33. The summed E-state index contributed by atoms with van der Waals surface area (Å²) in [7, 11) is 0. The van der Waals surface area contributed by atoms with Gasteiger partial charge in [-0.15, -0.1) is 0 Å². The maximum atomic E-state index is 15.1. The number of allylic oxidation sites excluding steroid dienone is 2. The number of alkyl halides is 11. The van der Waals surface area contributed by atoms with Crippen molar-refractivity contribution in [3.05, 3.63) is 89.4 Å². The van der Waals surface area contributed by atoms with Crippen LogP contribution in [0.2, 0.25) is 0 Å². The van der Waals surface area contributed by atoms with Crippen molar-refractivity contribution in [2.45, 2.75) is 40.4 Å². The van der Waals surface area contributed by atoms with Gasteiger partial charge in [0.2, 0.25) is 0 Å². The molecule has 0 saturated heterocycles. The Hall–Kier alpha value is -2.18. The summed E-state index contributed by atoms with van der Waals surface area (Å²) in [5, 5.41) is 0. The molecule has 3 rings (SSSR count). The van der Waals surface area contributed by atoms with Gasteiger partial charge in [0.25, 0.3) is 0 Å². The largest absolute Gasteiger partial charge is 0.435 e. The summed E-state index contributed by atoms with van der Waals surface area (Å²) in [6.45, 7) is 0. The summed E-state index contributed by atoms with van der Waals surface area (Å²) < 4.78 is 166. The lowest BCUT2D eigenvalue weighted by molar-refractivity contribution is -0.327. The monoisotopic (exact) mass is 583 g/mol. The van der Waals surface area contributed by atoms with Crippen molar-refractivity contribution >= 4 is 15.9 Å². The van der Waals surface area contributed by atoms with Gasteiger partial charge in [-0.2, -0.15) is 39.5 Å². The Morgan fingerprint density at radius 3 is 1.49 bits per heavy atom. The van der Waals surface area contributed by atoms with Crippen LogP contribution in [-0.4, -0.2) is 24.2 Å². The minimum Gasteiger partial charge on any atom is -0.219 e. The second-order valence-corrected chi connectivity index (χ2v) is 9.25. The van der Waals surface area contributed by atoms with E-state index in [4.69, 9.17) is 0 Å². The van der Waals surface area contributed by atoms with Crippen molar-refractivity contribution in [3.63, 3.8) is 0 Å². The molecule has 0 aliphatic heterocycles. The first kappa shape index (κ1) is 27.4. The summed E-state index contributed by atoms with van der Waals surface area (Å²) in [5.74, 6) is -2.96. The standard InChI is InChI=1S/C22H12BrF12/c23-18(14-6-2-4-8-16(14)25)10-12(19(26,21(30,31)32)22(33,34)35)9-17(11-18,20(27,28)29)13-5-1-3-7-15(13)24/h1-9,11H,10H2. The Labute approximate surface area is 198 Å². The Bertz CT molecular complexity index is 1120. The van der Waals surface area contributed by atoms with E-state index in [2.05, 4.69) is 15.9 Å². The highest BCUT2D eigenvalue weighted by Crippen LogP contribution is 2.62. The molecule has 0 amide bonds. The minimum atomic E-state index is -6.76. The van der Waals surface area contributed by atoms with E-state index in [1.54, 1.807) is 0 Å². The van der Waals surface area contributed by atoms with Crippen molar-refractivity contribution in [3.8, 4) is 0 Å². The summed E-state index contributed by atoms with van der Waals surface area (Å²) in [6, 6.07) is 6.38. The molecular weight excluding hydrogens is 572 g/mol. The quantitative estimate of drug-likeness (QED) is 0.193. The predicted molar refractivity (Wildman–Crippen MR) is 104 cm³/mol. The van der Waals surface area contributed by atoms with E-state index in [9.17, 15) is 48.3 Å². The molecule has 191 valence electrons. The smallest absolute Gasteiger partial charge is 0.219 e. The average Bonchev–Trinajstić information content (AvgIpc) is 2.70. The molecule has 0 saturated carbocycles. The Morgan fingerprint density at radius 1 is 0.657 bits per heavy atom. The van der Waals surface area contributed by atoms with Gasteiger partial charge in [-0.1, -0.05) is 58.4 Å². The second-order valence-electron chi connectivity index (χ2n) is 7.83. The molecule has 0 heterocycles. The molecule has 0 nitrogen and oxygen atoms in total. The first-order chi connectivity index (χ1) is 15.8. The molecule has 0 aromatic heterocycles. The Morgan fingerprint density at radius 2 is 1.09 bits per heavy atom. The van der Waals surface area contributed by atoms with E-state index < -0.39 is 74.8 Å². The van der Waals surface area contributed by atoms with Crippen LogP contribution in [0.3, 0.4) is 0 Å². The fourth-order valence-corrected chi connectivity index (χ4v) is 5.03. The molecule has 1 aliphatic carbocycles. The van der Waals surface area contributed by atoms with Gasteiger partial charge in [0.15, 0.2) is 0 Å². The van der Waals surface area contributed by atoms with E-state index in [1.165, 1.54) is 0 Å². The van der Waals surface area contributed by atoms with Crippen LogP contribution in [0.1, 0.15) is 17.5 Å². The number of rotatable bonds is 3. The maximum Gasteiger partial charge on any atom is 0.435 e. The van der Waals surface area contributed by atoms with Crippen molar-refractivity contribution in [2.24, 2.45) is 0 Å². The van der Waals surface area contributed by atoms with Crippen LogP contribution < -0.4 is 0 Å². The van der Waals surface area contributed by atoms with Crippen LogP contribution in [0.5, 0.6) is 0 Å². The van der Waals surface area contributed by atoms with E-state index >= 15 is 4.39 Å². The molecule has 2 aromatic rings. The maximum absolute atomic E-state index is 15.1. The van der Waals surface area contributed by atoms with Crippen LogP contribution in [0.15, 0.2) is 60.2 Å². The molecule has 1 radical (unpaired) electrons. The predicted octanol–water partition coefficient (Wildman–Crippen LogP) is 8.42. The zero-order valence-electron chi connectivity index (χ0n) is 16.9. The van der Waals surface area contributed by atoms with Crippen LogP contribution in [-0.2, 0) is 9.74 Å². The zero-order valence-corrected chi connectivity index (χ0v) is 18.5. The van der Waals surface area contributed by atoms with Gasteiger partial charge in [0.1, 0.15) is 17.0 Å². The summed E-state index contributed by atoms with van der Waals surface area (Å²) >= 11 is 2.65. The lowest BCUT2D eigenvalue weighted by atomic mass is 9.63. The van der Waals surface area contributed by atoms with Gasteiger partial charge < -0.3 is 0 Å². The van der Waals surface area contributed by atoms with Gasteiger partial charge in [0.05, 0.1) is 4.32 Å². The molecule has 13 heteroatoms. The van der Waals surface area contributed by atoms with E-state index in [1.807, 2.05) is 0 Å². The molecule has 2 unspecified atom stereocenters. The summed E-state index contributed by atoms with van der Waals surface area (Å²) in [6.07, 6.45) is -21.5. The van der Waals surface area contributed by atoms with Crippen molar-refractivity contribution < 1.29 is 52.7 Å². The number of hydrogen-bond donors (Lipinski definition) is 0. The van der Waals surface area contributed by atoms with Gasteiger partial charge in [-0.25, -0.2) is 13.2 Å². The zero-order chi connectivity index (χ0) is 26.7. The van der Waals surface area contributed by atoms with Gasteiger partial charge in [0, 0.05) is 17.5 Å². The highest BCUT2D eigenvalue weighted by atomic mass is 79.9. The molecular formula is C22H12BrF12. The van der Waals surface area contributed by atoms with Crippen LogP contribution >= 0.6 is 15.9 Å². The molecule has 0 bridgehead atoms. The molecule has 35 heavy (non-hydrogen) atoms. The van der Waals surface area contributed by atoms with Crippen LogP contribution in [0.4, 0.5) is 52.7 Å². The third-order valence-corrected chi connectivity index (χ3v) is 6.58. The van der Waals surface area contributed by atoms with Crippen molar-refractivity contribution in [1.29, 1.82) is 0 Å². The number of hydrogen-bond acceptors (Lipinski definition) is 0. The highest BCUT2D eigenvalue weighted by Gasteiger charge is 2.76. The fourth-order valence-electron chi connectivity index (χ4n) is 4.04. The second kappa shape index (κ2) is 8.45. The van der Waals surface area contributed by atoms with E-state index in [0.717, 1.165) is 30.3 Å². The molecule has 1 aliphatic rings. The summed E-state index contributed by atoms with van der Waals surface area (Å²) in [4.78, 5) is 0. The van der Waals surface area contributed by atoms with E-state index in [-0.39, 0.29) is 6.42 Å². The first-order valence-corrected chi connectivity index (χ1v) is 10.3. The number of halogens is 13. The van der Waals surface area contributed by atoms with Gasteiger partial charge >= 0.3 is 24.2 Å². The van der Waals surface area contributed by atoms with Crippen molar-refractivity contribution in [2.75, 3.05) is 0 Å². The molecule has 0 spiro atoms. The van der Waals surface area contributed by atoms with Gasteiger partial charge in [-0.05, 0) is 24.1 Å². The summed E-state index contributed by atoms with van der Waals surface area (Å²) in [5.41, 5.74) is -14.9. The first-order valence-electron chi connectivity index (χ1n) is 9.47. The normalized spacial score (nSPS) is 24.3. The molecule has 2 aromatic carbocycles. The average molecular weight is 584 g/mol. The Kier molecular flexibility index (Phi) is 6.61. The van der Waals surface area contributed by atoms with Crippen LogP contribution in [0.25, 0.3) is 0 Å². The van der Waals surface area contributed by atoms with Gasteiger partial charge in [-0.3, -0.25) is 0 Å². The third-order valence-electron chi connectivity index (χ3n) is 5.64. The number of benzene rings is 2. The topological polar surface area (TPSA) is 0 Å².